The Balaban J connectivity index is 1.01. The van der Waals surface area contributed by atoms with E-state index in [1.165, 1.54) is 43.4 Å². The zero-order valence-corrected chi connectivity index (χ0v) is 33.3. The van der Waals surface area contributed by atoms with Crippen molar-refractivity contribution in [2.24, 2.45) is 0 Å². The van der Waals surface area contributed by atoms with Crippen molar-refractivity contribution >= 4 is 88.0 Å². The van der Waals surface area contributed by atoms with Gasteiger partial charge in [0.25, 0.3) is 0 Å². The van der Waals surface area contributed by atoms with Gasteiger partial charge in [0, 0.05) is 11.1 Å². The van der Waals surface area contributed by atoms with E-state index in [2.05, 4.69) is 224 Å². The van der Waals surface area contributed by atoms with E-state index in [4.69, 9.17) is 9.97 Å². The molecule has 0 atom stereocenters. The molecule has 4 heterocycles. The molecule has 0 radical (unpaired) electrons. The first kappa shape index (κ1) is 33.4. The van der Waals surface area contributed by atoms with Crippen LogP contribution in [0.5, 0.6) is 0 Å². The average molecular weight is 791 g/mol. The number of para-hydroxylation sites is 4. The highest BCUT2D eigenvalue weighted by atomic mass is 15.2. The molecule has 0 aliphatic rings. The first-order chi connectivity index (χ1) is 30.8. The molecule has 6 heteroatoms. The van der Waals surface area contributed by atoms with E-state index in [0.29, 0.717) is 0 Å². The molecule has 4 aromatic heterocycles. The summed E-state index contributed by atoms with van der Waals surface area (Å²) in [5, 5.41) is 7.45. The van der Waals surface area contributed by atoms with Crippen molar-refractivity contribution in [3.63, 3.8) is 0 Å². The molecule has 0 N–H and O–H groups in total. The number of nitrogens with zero attached hydrogens (tertiary/aromatic N) is 6. The molecule has 0 bridgehead atoms. The van der Waals surface area contributed by atoms with Crippen molar-refractivity contribution in [2.45, 2.75) is 0 Å². The summed E-state index contributed by atoms with van der Waals surface area (Å²) in [6, 6.07) is 74.3. The van der Waals surface area contributed by atoms with Crippen molar-refractivity contribution in [1.29, 1.82) is 0 Å². The van der Waals surface area contributed by atoms with Crippen LogP contribution >= 0.6 is 0 Å². The Labute approximate surface area is 354 Å². The lowest BCUT2D eigenvalue weighted by Gasteiger charge is -2.15. The topological polar surface area (TPSA) is 44.5 Å². The predicted octanol–water partition coefficient (Wildman–Crippen LogP) is 14.0. The first-order valence-electron chi connectivity index (χ1n) is 21.1. The van der Waals surface area contributed by atoms with Gasteiger partial charge in [-0.05, 0) is 116 Å². The molecule has 6 nitrogen and oxygen atoms in total. The van der Waals surface area contributed by atoms with Gasteiger partial charge in [0.15, 0.2) is 0 Å². The molecule has 14 rings (SSSR count). The molecule has 0 amide bonds. The normalized spacial score (nSPS) is 12.2. The summed E-state index contributed by atoms with van der Waals surface area (Å²) in [5.41, 5.74) is 15.3. The van der Waals surface area contributed by atoms with Gasteiger partial charge in [-0.3, -0.25) is 17.9 Å². The summed E-state index contributed by atoms with van der Waals surface area (Å²) in [7, 11) is 0. The molecule has 0 unspecified atom stereocenters. The quantitative estimate of drug-likeness (QED) is 0.167. The van der Waals surface area contributed by atoms with Crippen LogP contribution in [0.4, 0.5) is 0 Å². The largest absolute Gasteiger partial charge is 0.278 e. The zero-order chi connectivity index (χ0) is 40.5. The third-order valence-electron chi connectivity index (χ3n) is 13.0. The lowest BCUT2D eigenvalue weighted by Crippen LogP contribution is -1.97. The lowest BCUT2D eigenvalue weighted by molar-refractivity contribution is 1.11. The first-order valence-corrected chi connectivity index (χ1v) is 21.1. The van der Waals surface area contributed by atoms with Gasteiger partial charge in [-0.25, -0.2) is 9.97 Å². The van der Waals surface area contributed by atoms with E-state index in [0.717, 1.165) is 78.2 Å². The van der Waals surface area contributed by atoms with Gasteiger partial charge in [-0.15, -0.1) is 0 Å². The maximum Gasteiger partial charge on any atom is 0.220 e. The molecule has 288 valence electrons. The molecule has 0 aliphatic carbocycles. The monoisotopic (exact) mass is 790 g/mol. The van der Waals surface area contributed by atoms with Crippen molar-refractivity contribution in [1.82, 2.24) is 27.9 Å². The van der Waals surface area contributed by atoms with Gasteiger partial charge >= 0.3 is 0 Å². The maximum atomic E-state index is 5.35. The second kappa shape index (κ2) is 12.5. The van der Waals surface area contributed by atoms with Crippen LogP contribution < -0.4 is 0 Å². The smallest absolute Gasteiger partial charge is 0.220 e. The van der Waals surface area contributed by atoms with Crippen LogP contribution in [-0.4, -0.2) is 27.9 Å². The maximum absolute atomic E-state index is 5.35. The van der Waals surface area contributed by atoms with Gasteiger partial charge < -0.3 is 0 Å². The Bertz CT molecular complexity index is 4100. The molecule has 0 fully saturated rings. The number of imidazole rings is 4. The molecular formula is C56H34N6. The highest BCUT2D eigenvalue weighted by molar-refractivity contribution is 6.27. The van der Waals surface area contributed by atoms with Gasteiger partial charge in [0.2, 0.25) is 11.6 Å². The standard InChI is InChI=1S/C56H34N6/c1-2-13-35(14-3-1)36-25-29-39(30-26-36)59-49-31-27-37(33-52(49)60-47-22-10-8-20-45(47)57-55(59)60)38-28-32-50-53(34-38)61-48-23-11-9-21-46(48)58-56(61)62(50)51-24-12-19-44-42-16-5-4-15-40(42)41-17-6-7-18-43(41)54(44)51/h1-34H. The summed E-state index contributed by atoms with van der Waals surface area (Å²) in [5.74, 6) is 1.78. The summed E-state index contributed by atoms with van der Waals surface area (Å²) in [4.78, 5) is 10.6. The van der Waals surface area contributed by atoms with Crippen LogP contribution in [-0.2, 0) is 0 Å². The Kier molecular flexibility index (Phi) is 6.74. The minimum Gasteiger partial charge on any atom is -0.278 e. The number of hydrogen-bond acceptors (Lipinski definition) is 2. The minimum atomic E-state index is 0.889. The fraction of sp³-hybridized carbons (Fsp3) is 0. The Hall–Kier alpha value is -8.48. The third kappa shape index (κ3) is 4.58. The molecule has 62 heavy (non-hydrogen) atoms. The van der Waals surface area contributed by atoms with Gasteiger partial charge in [0.05, 0.1) is 49.8 Å². The van der Waals surface area contributed by atoms with Gasteiger partial charge in [-0.1, -0.05) is 140 Å². The number of fused-ring (bicyclic) bond motifs is 16. The summed E-state index contributed by atoms with van der Waals surface area (Å²) >= 11 is 0. The van der Waals surface area contributed by atoms with Crippen molar-refractivity contribution < 1.29 is 0 Å². The number of hydrogen-bond donors (Lipinski definition) is 0. The minimum absolute atomic E-state index is 0.889. The van der Waals surface area contributed by atoms with E-state index in [1.54, 1.807) is 0 Å². The molecule has 14 aromatic rings. The van der Waals surface area contributed by atoms with Crippen LogP contribution in [0.25, 0.3) is 122 Å². The predicted molar refractivity (Wildman–Crippen MR) is 256 cm³/mol. The number of benzene rings is 10. The summed E-state index contributed by atoms with van der Waals surface area (Å²) in [6.45, 7) is 0. The Morgan fingerprint density at radius 3 is 1.35 bits per heavy atom. The zero-order valence-electron chi connectivity index (χ0n) is 33.3. The average Bonchev–Trinajstić information content (AvgIpc) is 4.08. The van der Waals surface area contributed by atoms with Crippen molar-refractivity contribution in [3.05, 3.63) is 206 Å². The molecule has 0 spiro atoms. The van der Waals surface area contributed by atoms with Crippen molar-refractivity contribution in [3.8, 4) is 33.6 Å². The highest BCUT2D eigenvalue weighted by Crippen LogP contribution is 2.41. The van der Waals surface area contributed by atoms with E-state index in [1.807, 2.05) is 0 Å². The van der Waals surface area contributed by atoms with Gasteiger partial charge in [-0.2, -0.15) is 0 Å². The number of aromatic nitrogens is 6. The molecular weight excluding hydrogens is 757 g/mol. The second-order valence-corrected chi connectivity index (χ2v) is 16.3. The SMILES string of the molecule is c1ccc(-c2ccc(-n3c4ccc(-c5ccc6c(c5)n5c7ccccc7nc5n6-c5cccc6c7ccccc7c7ccccc7c56)cc4n4c5ccccc5nc34)cc2)cc1. The molecule has 0 saturated heterocycles. The fourth-order valence-electron chi connectivity index (χ4n) is 10.2. The third-order valence-corrected chi connectivity index (χ3v) is 13.0. The van der Waals surface area contributed by atoms with Crippen LogP contribution in [0.2, 0.25) is 0 Å². The Morgan fingerprint density at radius 1 is 0.290 bits per heavy atom. The van der Waals surface area contributed by atoms with E-state index in [9.17, 15) is 0 Å². The van der Waals surface area contributed by atoms with E-state index >= 15 is 0 Å². The molecule has 0 saturated carbocycles. The summed E-state index contributed by atoms with van der Waals surface area (Å²) in [6.07, 6.45) is 0. The highest BCUT2D eigenvalue weighted by Gasteiger charge is 2.22. The van der Waals surface area contributed by atoms with Crippen LogP contribution in [0.15, 0.2) is 206 Å². The van der Waals surface area contributed by atoms with Gasteiger partial charge in [0.1, 0.15) is 0 Å². The van der Waals surface area contributed by atoms with Crippen LogP contribution in [0.1, 0.15) is 0 Å². The lowest BCUT2D eigenvalue weighted by atomic mass is 9.93. The molecule has 0 aliphatic heterocycles. The molecule has 10 aromatic carbocycles. The van der Waals surface area contributed by atoms with Crippen LogP contribution in [0.3, 0.4) is 0 Å². The van der Waals surface area contributed by atoms with Crippen LogP contribution in [0, 0.1) is 0 Å². The van der Waals surface area contributed by atoms with Crippen molar-refractivity contribution in [2.75, 3.05) is 0 Å². The fourth-order valence-corrected chi connectivity index (χ4v) is 10.2. The second-order valence-electron chi connectivity index (χ2n) is 16.3. The summed E-state index contributed by atoms with van der Waals surface area (Å²) < 4.78 is 9.31. The van der Waals surface area contributed by atoms with E-state index in [-0.39, 0.29) is 0 Å². The Morgan fingerprint density at radius 2 is 0.742 bits per heavy atom. The van der Waals surface area contributed by atoms with E-state index < -0.39 is 0 Å². The number of rotatable bonds is 4.